The Labute approximate surface area is 129 Å². The Bertz CT molecular complexity index is 833. The van der Waals surface area contributed by atoms with Crippen LogP contribution in [0.4, 0.5) is 11.4 Å². The van der Waals surface area contributed by atoms with Gasteiger partial charge in [-0.3, -0.25) is 4.98 Å². The van der Waals surface area contributed by atoms with E-state index >= 15 is 0 Å². The van der Waals surface area contributed by atoms with Gasteiger partial charge in [-0.05, 0) is 23.6 Å². The summed E-state index contributed by atoms with van der Waals surface area (Å²) < 4.78 is 0.994. The van der Waals surface area contributed by atoms with Crippen molar-refractivity contribution in [3.8, 4) is 0 Å². The zero-order valence-corrected chi connectivity index (χ0v) is 12.5. The minimum Gasteiger partial charge on any atom is -0.478 e. The summed E-state index contributed by atoms with van der Waals surface area (Å²) in [5.41, 5.74) is 1.50. The smallest absolute Gasteiger partial charge is 0.337 e. The van der Waals surface area contributed by atoms with Crippen LogP contribution in [-0.4, -0.2) is 16.1 Å². The first-order valence-electron chi connectivity index (χ1n) is 6.28. The maximum atomic E-state index is 11.3. The number of hydrogen-bond donors (Lipinski definition) is 2. The van der Waals surface area contributed by atoms with E-state index in [2.05, 4.69) is 26.2 Å². The van der Waals surface area contributed by atoms with Crippen molar-refractivity contribution in [2.45, 2.75) is 0 Å². The molecule has 2 aromatic carbocycles. The van der Waals surface area contributed by atoms with Crippen LogP contribution in [0.15, 0.2) is 59.3 Å². The van der Waals surface area contributed by atoms with E-state index in [4.69, 9.17) is 0 Å². The summed E-state index contributed by atoms with van der Waals surface area (Å²) >= 11 is 3.52. The van der Waals surface area contributed by atoms with Crippen molar-refractivity contribution < 1.29 is 9.90 Å². The Morgan fingerprint density at radius 1 is 1.05 bits per heavy atom. The molecular formula is C16H11BrN2O2. The molecule has 0 unspecified atom stereocenters. The minimum absolute atomic E-state index is 0.192. The van der Waals surface area contributed by atoms with Crippen molar-refractivity contribution in [1.82, 2.24) is 4.98 Å². The van der Waals surface area contributed by atoms with Crippen molar-refractivity contribution in [2.75, 3.05) is 5.32 Å². The van der Waals surface area contributed by atoms with Gasteiger partial charge in [-0.15, -0.1) is 0 Å². The molecule has 0 bridgehead atoms. The second kappa shape index (κ2) is 5.54. The Kier molecular flexibility index (Phi) is 3.58. The number of aromatic carboxylic acids is 1. The Morgan fingerprint density at radius 2 is 1.81 bits per heavy atom. The third-order valence-corrected chi connectivity index (χ3v) is 3.88. The minimum atomic E-state index is -0.985. The summed E-state index contributed by atoms with van der Waals surface area (Å²) in [4.78, 5) is 15.2. The molecule has 0 radical (unpaired) electrons. The van der Waals surface area contributed by atoms with Crippen molar-refractivity contribution in [3.05, 3.63) is 64.9 Å². The number of nitrogens with one attached hydrogen (secondary N) is 1. The van der Waals surface area contributed by atoms with E-state index in [1.807, 2.05) is 36.4 Å². The number of rotatable bonds is 3. The summed E-state index contributed by atoms with van der Waals surface area (Å²) in [5, 5.41) is 14.5. The number of aromatic nitrogens is 1. The Balaban J connectivity index is 2.11. The van der Waals surface area contributed by atoms with Gasteiger partial charge in [-0.2, -0.15) is 0 Å². The lowest BCUT2D eigenvalue weighted by molar-refractivity contribution is 0.0698. The number of fused-ring (bicyclic) bond motifs is 1. The molecule has 0 amide bonds. The van der Waals surface area contributed by atoms with Gasteiger partial charge in [0.1, 0.15) is 0 Å². The summed E-state index contributed by atoms with van der Waals surface area (Å²) in [7, 11) is 0. The lowest BCUT2D eigenvalue weighted by Crippen LogP contribution is -2.03. The number of carbonyl (C=O) groups is 1. The molecule has 0 saturated heterocycles. The van der Waals surface area contributed by atoms with E-state index in [9.17, 15) is 9.90 Å². The first-order chi connectivity index (χ1) is 10.2. The van der Waals surface area contributed by atoms with E-state index in [0.29, 0.717) is 5.69 Å². The molecule has 2 N–H and O–H groups in total. The van der Waals surface area contributed by atoms with Crippen LogP contribution in [0.3, 0.4) is 0 Å². The summed E-state index contributed by atoms with van der Waals surface area (Å²) in [5.74, 6) is -0.985. The van der Waals surface area contributed by atoms with Gasteiger partial charge in [-0.25, -0.2) is 4.79 Å². The van der Waals surface area contributed by atoms with Crippen LogP contribution in [0.1, 0.15) is 10.4 Å². The van der Waals surface area contributed by atoms with Crippen LogP contribution in [-0.2, 0) is 0 Å². The molecule has 0 aliphatic carbocycles. The number of carboxylic acid groups (broad SMARTS) is 1. The number of anilines is 2. The van der Waals surface area contributed by atoms with E-state index in [1.54, 1.807) is 0 Å². The van der Waals surface area contributed by atoms with E-state index in [-0.39, 0.29) is 5.56 Å². The fraction of sp³-hybridized carbons (Fsp3) is 0. The van der Waals surface area contributed by atoms with Crippen molar-refractivity contribution in [1.29, 1.82) is 0 Å². The lowest BCUT2D eigenvalue weighted by Gasteiger charge is -2.12. The molecule has 104 valence electrons. The zero-order valence-electron chi connectivity index (χ0n) is 10.9. The first kappa shape index (κ1) is 13.6. The molecule has 0 fully saturated rings. The van der Waals surface area contributed by atoms with E-state index in [1.165, 1.54) is 18.5 Å². The van der Waals surface area contributed by atoms with Crippen LogP contribution < -0.4 is 5.32 Å². The van der Waals surface area contributed by atoms with E-state index in [0.717, 1.165) is 20.9 Å². The van der Waals surface area contributed by atoms with Gasteiger partial charge in [0.05, 0.1) is 17.4 Å². The average molecular weight is 343 g/mol. The highest BCUT2D eigenvalue weighted by Crippen LogP contribution is 2.32. The molecule has 4 nitrogen and oxygen atoms in total. The number of pyridine rings is 1. The quantitative estimate of drug-likeness (QED) is 0.738. The number of halogens is 1. The fourth-order valence-corrected chi connectivity index (χ4v) is 2.67. The lowest BCUT2D eigenvalue weighted by atomic mass is 10.1. The number of benzene rings is 2. The third-order valence-electron chi connectivity index (χ3n) is 3.19. The topological polar surface area (TPSA) is 62.2 Å². The number of carboxylic acids is 1. The van der Waals surface area contributed by atoms with Gasteiger partial charge in [0.25, 0.3) is 0 Å². The van der Waals surface area contributed by atoms with Crippen LogP contribution in [0.5, 0.6) is 0 Å². The van der Waals surface area contributed by atoms with Gasteiger partial charge in [0, 0.05) is 21.7 Å². The van der Waals surface area contributed by atoms with Crippen LogP contribution >= 0.6 is 15.9 Å². The van der Waals surface area contributed by atoms with Gasteiger partial charge in [0.15, 0.2) is 0 Å². The molecule has 3 rings (SSSR count). The van der Waals surface area contributed by atoms with E-state index < -0.39 is 5.97 Å². The summed E-state index contributed by atoms with van der Waals surface area (Å²) in [6, 6.07) is 13.2. The molecule has 0 aliphatic heterocycles. The van der Waals surface area contributed by atoms with Crippen LogP contribution in [0, 0.1) is 0 Å². The van der Waals surface area contributed by atoms with Gasteiger partial charge in [0.2, 0.25) is 0 Å². The molecule has 1 heterocycles. The predicted octanol–water partition coefficient (Wildman–Crippen LogP) is 4.44. The molecule has 1 aromatic heterocycles. The monoisotopic (exact) mass is 342 g/mol. The largest absolute Gasteiger partial charge is 0.478 e. The van der Waals surface area contributed by atoms with Crippen molar-refractivity contribution in [2.24, 2.45) is 0 Å². The van der Waals surface area contributed by atoms with Crippen molar-refractivity contribution in [3.63, 3.8) is 0 Å². The van der Waals surface area contributed by atoms with Crippen LogP contribution in [0.25, 0.3) is 10.8 Å². The summed E-state index contributed by atoms with van der Waals surface area (Å²) in [6.45, 7) is 0. The molecule has 5 heteroatoms. The fourth-order valence-electron chi connectivity index (χ4n) is 2.20. The molecule has 0 aliphatic rings. The molecular weight excluding hydrogens is 332 g/mol. The zero-order chi connectivity index (χ0) is 14.8. The Hall–Kier alpha value is -2.40. The van der Waals surface area contributed by atoms with Crippen LogP contribution in [0.2, 0.25) is 0 Å². The maximum Gasteiger partial charge on any atom is 0.337 e. The molecule has 21 heavy (non-hydrogen) atoms. The highest BCUT2D eigenvalue weighted by molar-refractivity contribution is 9.10. The third kappa shape index (κ3) is 2.60. The number of hydrogen-bond acceptors (Lipinski definition) is 3. The SMILES string of the molecule is O=C(O)c1ccncc1Nc1ccc(Br)c2ccccc12. The maximum absolute atomic E-state index is 11.3. The van der Waals surface area contributed by atoms with Gasteiger partial charge >= 0.3 is 5.97 Å². The van der Waals surface area contributed by atoms with Gasteiger partial charge < -0.3 is 10.4 Å². The highest BCUT2D eigenvalue weighted by Gasteiger charge is 2.11. The number of nitrogens with zero attached hydrogens (tertiary/aromatic N) is 1. The second-order valence-electron chi connectivity index (χ2n) is 4.49. The molecule has 0 spiro atoms. The standard InChI is InChI=1S/C16H11BrN2O2/c17-13-5-6-14(11-4-2-1-3-10(11)13)19-15-9-18-8-7-12(15)16(20)21/h1-9,19H,(H,20,21). The molecule has 0 atom stereocenters. The second-order valence-corrected chi connectivity index (χ2v) is 5.35. The molecule has 0 saturated carbocycles. The normalized spacial score (nSPS) is 10.5. The predicted molar refractivity (Wildman–Crippen MR) is 86.1 cm³/mol. The van der Waals surface area contributed by atoms with Gasteiger partial charge in [-0.1, -0.05) is 40.2 Å². The van der Waals surface area contributed by atoms with Crippen molar-refractivity contribution >= 4 is 44.0 Å². The summed E-state index contributed by atoms with van der Waals surface area (Å²) in [6.07, 6.45) is 2.98. The average Bonchev–Trinajstić information content (AvgIpc) is 2.51. The molecule has 3 aromatic rings. The first-order valence-corrected chi connectivity index (χ1v) is 7.07. The Morgan fingerprint density at radius 3 is 2.57 bits per heavy atom. The highest BCUT2D eigenvalue weighted by atomic mass is 79.9.